The molecule has 0 radical (unpaired) electrons. The molecule has 4 nitrogen and oxygen atoms in total. The fourth-order valence-electron chi connectivity index (χ4n) is 2.21. The summed E-state index contributed by atoms with van der Waals surface area (Å²) in [4.78, 5) is 12.1. The molecule has 2 atom stereocenters. The highest BCUT2D eigenvalue weighted by molar-refractivity contribution is 5.80. The van der Waals surface area contributed by atoms with Crippen molar-refractivity contribution < 1.29 is 9.90 Å². The molecule has 0 aliphatic carbocycles. The fraction of sp³-hybridized carbons (Fsp3) is 0.917. The van der Waals surface area contributed by atoms with E-state index in [1.807, 2.05) is 13.8 Å². The molecule has 1 amide bonds. The highest BCUT2D eigenvalue weighted by Crippen LogP contribution is 2.20. The molecule has 1 saturated heterocycles. The molecule has 1 rings (SSSR count). The average Bonchev–Trinajstić information content (AvgIpc) is 2.72. The highest BCUT2D eigenvalue weighted by atomic mass is 16.3. The van der Waals surface area contributed by atoms with Gasteiger partial charge in [-0.1, -0.05) is 20.8 Å². The Balaban J connectivity index is 2.61. The Labute approximate surface area is 97.8 Å². The molecule has 1 heterocycles. The van der Waals surface area contributed by atoms with Crippen molar-refractivity contribution in [2.24, 2.45) is 11.8 Å². The molecule has 16 heavy (non-hydrogen) atoms. The maximum atomic E-state index is 12.1. The first-order valence-electron chi connectivity index (χ1n) is 6.22. The summed E-state index contributed by atoms with van der Waals surface area (Å²) < 4.78 is 0. The van der Waals surface area contributed by atoms with Crippen molar-refractivity contribution in [3.63, 3.8) is 0 Å². The molecule has 0 aromatic heterocycles. The van der Waals surface area contributed by atoms with Crippen LogP contribution in [0, 0.1) is 11.8 Å². The molecule has 0 saturated carbocycles. The summed E-state index contributed by atoms with van der Waals surface area (Å²) in [5.74, 6) is 0.504. The van der Waals surface area contributed by atoms with E-state index in [1.54, 1.807) is 0 Å². The molecule has 1 fully saturated rings. The van der Waals surface area contributed by atoms with Crippen LogP contribution in [-0.2, 0) is 4.79 Å². The molecular formula is C12H24N2O2. The second-order valence-electron chi connectivity index (χ2n) is 4.88. The van der Waals surface area contributed by atoms with Gasteiger partial charge in [-0.05, 0) is 25.3 Å². The minimum Gasteiger partial charge on any atom is -0.394 e. The van der Waals surface area contributed by atoms with Gasteiger partial charge < -0.3 is 15.7 Å². The van der Waals surface area contributed by atoms with Crippen molar-refractivity contribution >= 4 is 5.91 Å². The number of carbonyl (C=O) groups is 1. The summed E-state index contributed by atoms with van der Waals surface area (Å²) in [7, 11) is 0. The van der Waals surface area contributed by atoms with Gasteiger partial charge in [0.05, 0.1) is 18.1 Å². The Kier molecular flexibility index (Phi) is 4.74. The number of aliphatic hydroxyl groups excluding tert-OH is 1. The van der Waals surface area contributed by atoms with E-state index in [9.17, 15) is 9.90 Å². The molecule has 94 valence electrons. The molecule has 3 N–H and O–H groups in total. The van der Waals surface area contributed by atoms with Crippen molar-refractivity contribution in [1.29, 1.82) is 0 Å². The van der Waals surface area contributed by atoms with Gasteiger partial charge in [0.1, 0.15) is 0 Å². The van der Waals surface area contributed by atoms with Gasteiger partial charge in [0.15, 0.2) is 0 Å². The molecule has 0 spiro atoms. The van der Waals surface area contributed by atoms with Gasteiger partial charge >= 0.3 is 0 Å². The van der Waals surface area contributed by atoms with Crippen LogP contribution in [0.2, 0.25) is 0 Å². The zero-order chi connectivity index (χ0) is 12.2. The van der Waals surface area contributed by atoms with E-state index < -0.39 is 5.54 Å². The van der Waals surface area contributed by atoms with Crippen LogP contribution < -0.4 is 10.6 Å². The zero-order valence-corrected chi connectivity index (χ0v) is 10.5. The standard InChI is InChI=1S/C12H24N2O2/c1-4-12(5-2,8-15)14-11(16)10-7-13-6-9(10)3/h9-10,13,15H,4-8H2,1-3H3,(H,14,16). The molecule has 0 bridgehead atoms. The molecule has 2 unspecified atom stereocenters. The first-order valence-corrected chi connectivity index (χ1v) is 6.22. The number of nitrogens with one attached hydrogen (secondary N) is 2. The number of rotatable bonds is 5. The topological polar surface area (TPSA) is 61.4 Å². The van der Waals surface area contributed by atoms with Crippen molar-refractivity contribution in [3.05, 3.63) is 0 Å². The van der Waals surface area contributed by atoms with Crippen molar-refractivity contribution in [2.45, 2.75) is 39.2 Å². The number of aliphatic hydroxyl groups is 1. The zero-order valence-electron chi connectivity index (χ0n) is 10.5. The summed E-state index contributed by atoms with van der Waals surface area (Å²) in [6.45, 7) is 7.75. The monoisotopic (exact) mass is 228 g/mol. The van der Waals surface area contributed by atoms with Crippen LogP contribution in [0.3, 0.4) is 0 Å². The largest absolute Gasteiger partial charge is 0.394 e. The van der Waals surface area contributed by atoms with Gasteiger partial charge in [-0.15, -0.1) is 0 Å². The van der Waals surface area contributed by atoms with Crippen LogP contribution in [0.15, 0.2) is 0 Å². The number of hydrogen-bond donors (Lipinski definition) is 3. The quantitative estimate of drug-likeness (QED) is 0.642. The Morgan fingerprint density at radius 3 is 2.44 bits per heavy atom. The Bertz CT molecular complexity index is 231. The Hall–Kier alpha value is -0.610. The molecule has 0 aromatic carbocycles. The van der Waals surface area contributed by atoms with Crippen LogP contribution in [0.25, 0.3) is 0 Å². The van der Waals surface area contributed by atoms with Crippen LogP contribution in [-0.4, -0.2) is 36.2 Å². The lowest BCUT2D eigenvalue weighted by atomic mass is 9.90. The Morgan fingerprint density at radius 1 is 1.44 bits per heavy atom. The Morgan fingerprint density at radius 2 is 2.06 bits per heavy atom. The van der Waals surface area contributed by atoms with E-state index >= 15 is 0 Å². The summed E-state index contributed by atoms with van der Waals surface area (Å²) in [5, 5.41) is 15.6. The van der Waals surface area contributed by atoms with E-state index in [0.29, 0.717) is 5.92 Å². The van der Waals surface area contributed by atoms with Crippen LogP contribution in [0.4, 0.5) is 0 Å². The smallest absolute Gasteiger partial charge is 0.225 e. The maximum absolute atomic E-state index is 12.1. The lowest BCUT2D eigenvalue weighted by Crippen LogP contribution is -2.53. The average molecular weight is 228 g/mol. The van der Waals surface area contributed by atoms with Gasteiger partial charge in [-0.25, -0.2) is 0 Å². The molecule has 1 aliphatic heterocycles. The van der Waals surface area contributed by atoms with Crippen LogP contribution in [0.1, 0.15) is 33.6 Å². The third-order valence-corrected chi connectivity index (χ3v) is 3.90. The van der Waals surface area contributed by atoms with E-state index in [0.717, 1.165) is 25.9 Å². The predicted molar refractivity (Wildman–Crippen MR) is 64.1 cm³/mol. The van der Waals surface area contributed by atoms with E-state index in [2.05, 4.69) is 17.6 Å². The summed E-state index contributed by atoms with van der Waals surface area (Å²) >= 11 is 0. The first kappa shape index (κ1) is 13.5. The predicted octanol–water partition coefficient (Wildman–Crippen LogP) is 0.509. The molecule has 1 aliphatic rings. The normalized spacial score (nSPS) is 25.8. The maximum Gasteiger partial charge on any atom is 0.225 e. The van der Waals surface area contributed by atoms with Gasteiger partial charge in [-0.3, -0.25) is 4.79 Å². The highest BCUT2D eigenvalue weighted by Gasteiger charge is 2.34. The van der Waals surface area contributed by atoms with Gasteiger partial charge in [0.2, 0.25) is 5.91 Å². The summed E-state index contributed by atoms with van der Waals surface area (Å²) in [6, 6.07) is 0. The minimum absolute atomic E-state index is 0.0142. The van der Waals surface area contributed by atoms with Gasteiger partial charge in [0, 0.05) is 6.54 Å². The SMILES string of the molecule is CCC(CC)(CO)NC(=O)C1CNCC1C. The van der Waals surface area contributed by atoms with Crippen LogP contribution >= 0.6 is 0 Å². The van der Waals surface area contributed by atoms with Gasteiger partial charge in [0.25, 0.3) is 0 Å². The number of carbonyl (C=O) groups excluding carboxylic acids is 1. The van der Waals surface area contributed by atoms with Crippen molar-refractivity contribution in [3.8, 4) is 0 Å². The van der Waals surface area contributed by atoms with Crippen LogP contribution in [0.5, 0.6) is 0 Å². The van der Waals surface area contributed by atoms with E-state index in [-0.39, 0.29) is 18.4 Å². The first-order chi connectivity index (χ1) is 7.58. The summed E-state index contributed by atoms with van der Waals surface area (Å²) in [5.41, 5.74) is -0.431. The second-order valence-corrected chi connectivity index (χ2v) is 4.88. The third kappa shape index (κ3) is 2.74. The fourth-order valence-corrected chi connectivity index (χ4v) is 2.21. The lowest BCUT2D eigenvalue weighted by molar-refractivity contribution is -0.128. The minimum atomic E-state index is -0.431. The van der Waals surface area contributed by atoms with Crippen molar-refractivity contribution in [2.75, 3.05) is 19.7 Å². The number of hydrogen-bond acceptors (Lipinski definition) is 3. The summed E-state index contributed by atoms with van der Waals surface area (Å²) in [6.07, 6.45) is 1.53. The second kappa shape index (κ2) is 5.64. The number of amides is 1. The molecular weight excluding hydrogens is 204 g/mol. The van der Waals surface area contributed by atoms with Gasteiger partial charge in [-0.2, -0.15) is 0 Å². The van der Waals surface area contributed by atoms with E-state index in [1.165, 1.54) is 0 Å². The molecule has 0 aromatic rings. The molecule has 4 heteroatoms. The lowest BCUT2D eigenvalue weighted by Gasteiger charge is -2.32. The van der Waals surface area contributed by atoms with Crippen molar-refractivity contribution in [1.82, 2.24) is 10.6 Å². The van der Waals surface area contributed by atoms with E-state index in [4.69, 9.17) is 0 Å². The third-order valence-electron chi connectivity index (χ3n) is 3.90.